The van der Waals surface area contributed by atoms with Crippen LogP contribution in [0.4, 0.5) is 5.69 Å². The van der Waals surface area contributed by atoms with Gasteiger partial charge in [0.2, 0.25) is 0 Å². The Balaban J connectivity index is 1.52. The summed E-state index contributed by atoms with van der Waals surface area (Å²) >= 11 is 0. The Labute approximate surface area is 199 Å². The highest BCUT2D eigenvalue weighted by atomic mass is 16.5. The van der Waals surface area contributed by atoms with Crippen LogP contribution in [0, 0.1) is 0 Å². The highest BCUT2D eigenvalue weighted by Gasteiger charge is 2.50. The molecular formula is C28H29NO5. The number of Topliss-reactive ketones (excluding diaryl/α,β-unsaturated/α-hetero) is 1. The second kappa shape index (κ2) is 9.69. The number of rotatable bonds is 9. The Morgan fingerprint density at radius 2 is 1.62 bits per heavy atom. The van der Waals surface area contributed by atoms with Crippen LogP contribution >= 0.6 is 0 Å². The molecule has 0 spiro atoms. The van der Waals surface area contributed by atoms with Gasteiger partial charge in [-0.1, -0.05) is 68.4 Å². The van der Waals surface area contributed by atoms with Gasteiger partial charge in [-0.05, 0) is 29.7 Å². The van der Waals surface area contributed by atoms with Gasteiger partial charge in [0.25, 0.3) is 5.91 Å². The number of para-hydroxylation sites is 3. The van der Waals surface area contributed by atoms with Crippen molar-refractivity contribution in [3.63, 3.8) is 0 Å². The number of hydrogen-bond acceptors (Lipinski definition) is 5. The van der Waals surface area contributed by atoms with E-state index in [1.54, 1.807) is 55.6 Å². The molecule has 1 atom stereocenters. The van der Waals surface area contributed by atoms with E-state index in [1.165, 1.54) is 4.90 Å². The summed E-state index contributed by atoms with van der Waals surface area (Å²) in [5.41, 5.74) is 0.695. The zero-order valence-electron chi connectivity index (χ0n) is 19.7. The Morgan fingerprint density at radius 1 is 0.971 bits per heavy atom. The maximum atomic E-state index is 13.4. The average Bonchev–Trinajstić information content (AvgIpc) is 3.06. The number of ether oxygens (including phenoxy) is 2. The van der Waals surface area contributed by atoms with E-state index >= 15 is 0 Å². The molecular weight excluding hydrogens is 430 g/mol. The van der Waals surface area contributed by atoms with Crippen LogP contribution in [0.25, 0.3) is 0 Å². The van der Waals surface area contributed by atoms with Crippen molar-refractivity contribution in [2.45, 2.75) is 31.8 Å². The third-order valence-corrected chi connectivity index (χ3v) is 6.20. The van der Waals surface area contributed by atoms with Gasteiger partial charge in [-0.15, -0.1) is 0 Å². The van der Waals surface area contributed by atoms with E-state index in [9.17, 15) is 14.7 Å². The maximum absolute atomic E-state index is 13.4. The molecule has 4 rings (SSSR count). The number of carbonyl (C=O) groups is 2. The summed E-state index contributed by atoms with van der Waals surface area (Å²) in [5.74, 6) is 0.710. The summed E-state index contributed by atoms with van der Waals surface area (Å²) in [6.07, 6.45) is -0.326. The minimum Gasteiger partial charge on any atom is -0.493 e. The van der Waals surface area contributed by atoms with Crippen LogP contribution in [0.5, 0.6) is 11.5 Å². The van der Waals surface area contributed by atoms with Gasteiger partial charge in [-0.2, -0.15) is 0 Å². The molecule has 0 unspecified atom stereocenters. The van der Waals surface area contributed by atoms with E-state index in [1.807, 2.05) is 24.3 Å². The van der Waals surface area contributed by atoms with Gasteiger partial charge in [0.05, 0.1) is 25.8 Å². The fourth-order valence-electron chi connectivity index (χ4n) is 4.27. The second-order valence-corrected chi connectivity index (χ2v) is 8.71. The van der Waals surface area contributed by atoms with Crippen molar-refractivity contribution < 1.29 is 24.2 Å². The summed E-state index contributed by atoms with van der Waals surface area (Å²) in [6.45, 7) is 4.58. The number of aliphatic hydroxyl groups is 1. The summed E-state index contributed by atoms with van der Waals surface area (Å²) in [4.78, 5) is 27.9. The lowest BCUT2D eigenvalue weighted by molar-refractivity contribution is -0.135. The molecule has 3 aromatic carbocycles. The highest BCUT2D eigenvalue weighted by molar-refractivity contribution is 6.10. The standard InChI is InChI=1S/C28H29NO5/c1-19(2)20-12-14-21(15-13-20)24(30)18-28(32)22-8-4-5-9-23(22)29(27(28)31)16-17-34-26-11-7-6-10-25(26)33-3/h4-15,19,32H,16-18H2,1-3H3/t28-/m0/s1. The smallest absolute Gasteiger partial charge is 0.264 e. The SMILES string of the molecule is COc1ccccc1OCCN1C(=O)[C@](O)(CC(=O)c2ccc(C(C)C)cc2)c2ccccc21. The molecule has 0 saturated carbocycles. The monoisotopic (exact) mass is 459 g/mol. The first-order chi connectivity index (χ1) is 16.3. The zero-order valence-corrected chi connectivity index (χ0v) is 19.7. The first kappa shape index (κ1) is 23.5. The predicted molar refractivity (Wildman–Crippen MR) is 131 cm³/mol. The van der Waals surface area contributed by atoms with Crippen LogP contribution in [0.2, 0.25) is 0 Å². The minimum atomic E-state index is -1.92. The summed E-state index contributed by atoms with van der Waals surface area (Å²) < 4.78 is 11.1. The van der Waals surface area contributed by atoms with Crippen LogP contribution in [-0.4, -0.2) is 37.1 Å². The lowest BCUT2D eigenvalue weighted by Crippen LogP contribution is -2.43. The fourth-order valence-corrected chi connectivity index (χ4v) is 4.27. The third-order valence-electron chi connectivity index (χ3n) is 6.20. The van der Waals surface area contributed by atoms with Gasteiger partial charge in [0.1, 0.15) is 6.61 Å². The molecule has 3 aromatic rings. The lowest BCUT2D eigenvalue weighted by atomic mass is 9.87. The van der Waals surface area contributed by atoms with Crippen LogP contribution in [0.3, 0.4) is 0 Å². The van der Waals surface area contributed by atoms with Gasteiger partial charge < -0.3 is 19.5 Å². The van der Waals surface area contributed by atoms with Crippen molar-refractivity contribution in [1.29, 1.82) is 0 Å². The number of nitrogens with zero attached hydrogens (tertiary/aromatic N) is 1. The van der Waals surface area contributed by atoms with E-state index in [2.05, 4.69) is 13.8 Å². The number of methoxy groups -OCH3 is 1. The van der Waals surface area contributed by atoms with Crippen molar-refractivity contribution in [2.24, 2.45) is 0 Å². The molecule has 6 nitrogen and oxygen atoms in total. The number of ketones is 1. The fraction of sp³-hybridized carbons (Fsp3) is 0.286. The van der Waals surface area contributed by atoms with Gasteiger partial charge >= 0.3 is 0 Å². The van der Waals surface area contributed by atoms with Gasteiger partial charge in [-0.3, -0.25) is 9.59 Å². The molecule has 1 aliphatic heterocycles. The van der Waals surface area contributed by atoms with E-state index < -0.39 is 11.5 Å². The molecule has 1 aliphatic rings. The predicted octanol–water partition coefficient (Wildman–Crippen LogP) is 4.70. The van der Waals surface area contributed by atoms with E-state index in [4.69, 9.17) is 9.47 Å². The molecule has 0 saturated heterocycles. The Hall–Kier alpha value is -3.64. The van der Waals surface area contributed by atoms with E-state index in [0.29, 0.717) is 34.2 Å². The molecule has 1 heterocycles. The van der Waals surface area contributed by atoms with Gasteiger partial charge in [0, 0.05) is 11.1 Å². The van der Waals surface area contributed by atoms with E-state index in [-0.39, 0.29) is 25.4 Å². The Bertz CT molecular complexity index is 1190. The quantitative estimate of drug-likeness (QED) is 0.469. The Morgan fingerprint density at radius 3 is 2.29 bits per heavy atom. The zero-order chi connectivity index (χ0) is 24.3. The molecule has 0 bridgehead atoms. The van der Waals surface area contributed by atoms with Crippen molar-refractivity contribution in [2.75, 3.05) is 25.2 Å². The molecule has 0 aliphatic carbocycles. The van der Waals surface area contributed by atoms with Gasteiger partial charge in [0.15, 0.2) is 22.9 Å². The second-order valence-electron chi connectivity index (χ2n) is 8.71. The van der Waals surface area contributed by atoms with Crippen LogP contribution in [-0.2, 0) is 10.4 Å². The molecule has 1 amide bonds. The number of benzene rings is 3. The number of amides is 1. The average molecular weight is 460 g/mol. The summed E-state index contributed by atoms with van der Waals surface area (Å²) in [6, 6.07) is 21.6. The van der Waals surface area contributed by atoms with Crippen molar-refractivity contribution in [3.8, 4) is 11.5 Å². The number of hydrogen-bond donors (Lipinski definition) is 1. The highest BCUT2D eigenvalue weighted by Crippen LogP contribution is 2.42. The van der Waals surface area contributed by atoms with Crippen LogP contribution in [0.1, 0.15) is 47.7 Å². The van der Waals surface area contributed by atoms with Crippen molar-refractivity contribution >= 4 is 17.4 Å². The minimum absolute atomic E-state index is 0.196. The van der Waals surface area contributed by atoms with Crippen LogP contribution < -0.4 is 14.4 Å². The molecule has 0 fully saturated rings. The van der Waals surface area contributed by atoms with E-state index in [0.717, 1.165) is 5.56 Å². The summed E-state index contributed by atoms with van der Waals surface area (Å²) in [7, 11) is 1.57. The molecule has 0 radical (unpaired) electrons. The summed E-state index contributed by atoms with van der Waals surface area (Å²) in [5, 5.41) is 11.5. The molecule has 1 N–H and O–H groups in total. The van der Waals surface area contributed by atoms with Crippen LogP contribution in [0.15, 0.2) is 72.8 Å². The number of carbonyl (C=O) groups excluding carboxylic acids is 2. The molecule has 34 heavy (non-hydrogen) atoms. The van der Waals surface area contributed by atoms with Crippen molar-refractivity contribution in [1.82, 2.24) is 0 Å². The number of fused-ring (bicyclic) bond motifs is 1. The first-order valence-electron chi connectivity index (χ1n) is 11.4. The first-order valence-corrected chi connectivity index (χ1v) is 11.4. The normalized spacial score (nSPS) is 17.1. The topological polar surface area (TPSA) is 76.1 Å². The number of anilines is 1. The molecule has 176 valence electrons. The largest absolute Gasteiger partial charge is 0.493 e. The Kier molecular flexibility index (Phi) is 6.70. The third kappa shape index (κ3) is 4.41. The molecule has 0 aromatic heterocycles. The lowest BCUT2D eigenvalue weighted by Gasteiger charge is -2.23. The molecule has 6 heteroatoms. The van der Waals surface area contributed by atoms with Gasteiger partial charge in [-0.25, -0.2) is 0 Å². The van der Waals surface area contributed by atoms with Crippen molar-refractivity contribution in [3.05, 3.63) is 89.5 Å². The maximum Gasteiger partial charge on any atom is 0.264 e.